The maximum absolute atomic E-state index is 14.0. The number of sulfonamides is 1. The first-order valence-corrected chi connectivity index (χ1v) is 14.3. The molecular weight excluding hydrogens is 490 g/mol. The van der Waals surface area contributed by atoms with Crippen molar-refractivity contribution < 1.29 is 13.2 Å². The number of nitrogens with zero attached hydrogens (tertiary/aromatic N) is 3. The van der Waals surface area contributed by atoms with Gasteiger partial charge in [-0.25, -0.2) is 8.42 Å². The molecular formula is C28H29N3O3S2. The van der Waals surface area contributed by atoms with E-state index < -0.39 is 15.6 Å². The molecule has 0 aliphatic carbocycles. The van der Waals surface area contributed by atoms with Crippen LogP contribution in [0.25, 0.3) is 10.9 Å². The van der Waals surface area contributed by atoms with Crippen LogP contribution in [0.1, 0.15) is 42.8 Å². The summed E-state index contributed by atoms with van der Waals surface area (Å²) < 4.78 is 29.4. The van der Waals surface area contributed by atoms with Crippen LogP contribution in [0.2, 0.25) is 0 Å². The minimum atomic E-state index is -4.03. The molecule has 0 radical (unpaired) electrons. The minimum absolute atomic E-state index is 0.113. The summed E-state index contributed by atoms with van der Waals surface area (Å²) in [5.74, 6) is -0.215. The van der Waals surface area contributed by atoms with Gasteiger partial charge >= 0.3 is 0 Å². The number of carbonyl (C=O) groups is 1. The number of rotatable bonds is 5. The summed E-state index contributed by atoms with van der Waals surface area (Å²) in [6.45, 7) is 5.74. The van der Waals surface area contributed by atoms with Crippen molar-refractivity contribution in [1.29, 1.82) is 0 Å². The van der Waals surface area contributed by atoms with Crippen LogP contribution in [0.3, 0.4) is 0 Å². The molecule has 1 aliphatic heterocycles. The number of carbonyl (C=O) groups excluding carboxylic acids is 1. The quantitative estimate of drug-likeness (QED) is 0.361. The van der Waals surface area contributed by atoms with Crippen LogP contribution in [-0.4, -0.2) is 47.1 Å². The van der Waals surface area contributed by atoms with Gasteiger partial charge in [0.1, 0.15) is 4.90 Å². The Balaban J connectivity index is 1.53. The molecule has 8 heteroatoms. The van der Waals surface area contributed by atoms with E-state index in [-0.39, 0.29) is 23.4 Å². The fourth-order valence-corrected chi connectivity index (χ4v) is 7.69. The van der Waals surface area contributed by atoms with E-state index in [1.54, 1.807) is 35.7 Å². The lowest BCUT2D eigenvalue weighted by molar-refractivity contribution is -0.134. The van der Waals surface area contributed by atoms with Crippen molar-refractivity contribution in [3.63, 3.8) is 0 Å². The van der Waals surface area contributed by atoms with Gasteiger partial charge in [0.25, 0.3) is 0 Å². The van der Waals surface area contributed by atoms with E-state index in [2.05, 4.69) is 16.4 Å². The number of hydrogen-bond acceptors (Lipinski definition) is 5. The molecule has 0 saturated carbocycles. The van der Waals surface area contributed by atoms with E-state index in [1.165, 1.54) is 9.18 Å². The van der Waals surface area contributed by atoms with E-state index in [9.17, 15) is 13.2 Å². The third-order valence-electron chi connectivity index (χ3n) is 6.59. The van der Waals surface area contributed by atoms with Gasteiger partial charge in [-0.1, -0.05) is 48.5 Å². The maximum atomic E-state index is 14.0. The van der Waals surface area contributed by atoms with Crippen molar-refractivity contribution in [2.24, 2.45) is 0 Å². The van der Waals surface area contributed by atoms with Crippen molar-refractivity contribution in [2.75, 3.05) is 13.1 Å². The first-order valence-electron chi connectivity index (χ1n) is 12.0. The predicted molar refractivity (Wildman–Crippen MR) is 143 cm³/mol. The fraction of sp³-hybridized carbons (Fsp3) is 0.286. The zero-order valence-corrected chi connectivity index (χ0v) is 22.2. The zero-order chi connectivity index (χ0) is 25.5. The number of hydrogen-bond donors (Lipinski definition) is 0. The van der Waals surface area contributed by atoms with Crippen molar-refractivity contribution in [3.05, 3.63) is 94.3 Å². The van der Waals surface area contributed by atoms with Gasteiger partial charge in [0.2, 0.25) is 15.9 Å². The van der Waals surface area contributed by atoms with Gasteiger partial charge in [0, 0.05) is 28.5 Å². The van der Waals surface area contributed by atoms with Crippen LogP contribution in [0.5, 0.6) is 0 Å². The molecule has 1 aliphatic rings. The maximum Gasteiger partial charge on any atom is 0.246 e. The van der Waals surface area contributed by atoms with Crippen molar-refractivity contribution >= 4 is 38.2 Å². The van der Waals surface area contributed by atoms with Crippen LogP contribution in [0.4, 0.5) is 0 Å². The Bertz CT molecular complexity index is 1500. The van der Waals surface area contributed by atoms with Gasteiger partial charge in [-0.3, -0.25) is 9.78 Å². The summed E-state index contributed by atoms with van der Waals surface area (Å²) in [6, 6.07) is 20.5. The fourth-order valence-electron chi connectivity index (χ4n) is 4.88. The Hall–Kier alpha value is -3.07. The zero-order valence-electron chi connectivity index (χ0n) is 20.6. The summed E-state index contributed by atoms with van der Waals surface area (Å²) >= 11 is 1.71. The third-order valence-corrected chi connectivity index (χ3v) is 9.73. The molecule has 5 rings (SSSR count). The first kappa shape index (κ1) is 24.6. The molecule has 0 bridgehead atoms. The Morgan fingerprint density at radius 1 is 1.06 bits per heavy atom. The van der Waals surface area contributed by atoms with E-state index in [1.807, 2.05) is 68.1 Å². The highest BCUT2D eigenvalue weighted by Crippen LogP contribution is 2.38. The summed E-state index contributed by atoms with van der Waals surface area (Å²) in [4.78, 5) is 21.5. The lowest BCUT2D eigenvalue weighted by atomic mass is 9.93. The highest BCUT2D eigenvalue weighted by Gasteiger charge is 2.40. The number of pyridine rings is 1. The number of thiophene rings is 1. The van der Waals surface area contributed by atoms with Gasteiger partial charge in [0.05, 0.1) is 18.1 Å². The number of para-hydroxylation sites is 1. The van der Waals surface area contributed by atoms with Gasteiger partial charge < -0.3 is 4.90 Å². The van der Waals surface area contributed by atoms with E-state index in [4.69, 9.17) is 0 Å². The van der Waals surface area contributed by atoms with Crippen LogP contribution in [-0.2, 0) is 21.2 Å². The molecule has 6 nitrogen and oxygen atoms in total. The van der Waals surface area contributed by atoms with Gasteiger partial charge in [-0.05, 0) is 61.9 Å². The van der Waals surface area contributed by atoms with E-state index in [0.29, 0.717) is 12.1 Å². The molecule has 1 amide bonds. The summed E-state index contributed by atoms with van der Waals surface area (Å²) in [5.41, 5.74) is 1.73. The van der Waals surface area contributed by atoms with Crippen LogP contribution in [0, 0.1) is 0 Å². The third kappa shape index (κ3) is 4.45. The second-order valence-electron chi connectivity index (χ2n) is 9.96. The van der Waals surface area contributed by atoms with Crippen molar-refractivity contribution in [1.82, 2.24) is 14.2 Å². The molecule has 2 aromatic heterocycles. The summed E-state index contributed by atoms with van der Waals surface area (Å²) in [5, 5.41) is 2.80. The van der Waals surface area contributed by atoms with Crippen molar-refractivity contribution in [2.45, 2.75) is 43.7 Å². The number of fused-ring (bicyclic) bond motifs is 2. The Morgan fingerprint density at radius 3 is 2.56 bits per heavy atom. The molecule has 4 aromatic rings. The van der Waals surface area contributed by atoms with Crippen molar-refractivity contribution in [3.8, 4) is 0 Å². The summed E-state index contributed by atoms with van der Waals surface area (Å²) in [7, 11) is -4.03. The molecule has 2 aromatic carbocycles. The van der Waals surface area contributed by atoms with Crippen LogP contribution in [0.15, 0.2) is 83.2 Å². The number of aromatic nitrogens is 1. The molecule has 1 unspecified atom stereocenters. The Labute approximate surface area is 216 Å². The molecule has 0 N–H and O–H groups in total. The second kappa shape index (κ2) is 9.42. The smallest absolute Gasteiger partial charge is 0.246 e. The van der Waals surface area contributed by atoms with Crippen LogP contribution < -0.4 is 0 Å². The molecule has 0 saturated heterocycles. The number of benzene rings is 2. The standard InChI is InChI=1S/C28H29N3O3S2/c1-28(2,3)31(36(33,34)24-13-7-11-20-12-8-16-29-26(20)24)19-25(32)30-17-14-23-22(15-18-35-23)27(30)21-9-5-4-6-10-21/h4-13,15-16,18,27H,14,17,19H2,1-3H3. The molecule has 0 fully saturated rings. The molecule has 0 spiro atoms. The van der Waals surface area contributed by atoms with E-state index in [0.717, 1.165) is 22.9 Å². The highest BCUT2D eigenvalue weighted by atomic mass is 32.2. The predicted octanol–water partition coefficient (Wildman–Crippen LogP) is 5.26. The van der Waals surface area contributed by atoms with E-state index >= 15 is 0 Å². The lowest BCUT2D eigenvalue weighted by Crippen LogP contribution is -2.52. The Morgan fingerprint density at radius 2 is 1.81 bits per heavy atom. The molecule has 186 valence electrons. The topological polar surface area (TPSA) is 70.6 Å². The van der Waals surface area contributed by atoms with Gasteiger partial charge in [-0.2, -0.15) is 4.31 Å². The average molecular weight is 520 g/mol. The minimum Gasteiger partial charge on any atom is -0.330 e. The summed E-state index contributed by atoms with van der Waals surface area (Å²) in [6.07, 6.45) is 2.35. The molecule has 1 atom stereocenters. The van der Waals surface area contributed by atoms with Crippen LogP contribution >= 0.6 is 11.3 Å². The van der Waals surface area contributed by atoms with Gasteiger partial charge in [0.15, 0.2) is 0 Å². The largest absolute Gasteiger partial charge is 0.330 e. The molecule has 3 heterocycles. The lowest BCUT2D eigenvalue weighted by Gasteiger charge is -2.40. The monoisotopic (exact) mass is 519 g/mol. The normalized spacial score (nSPS) is 16.3. The van der Waals surface area contributed by atoms with Gasteiger partial charge in [-0.15, -0.1) is 11.3 Å². The number of amides is 1. The first-order chi connectivity index (χ1) is 17.2. The average Bonchev–Trinajstić information content (AvgIpc) is 3.35. The SMILES string of the molecule is CC(C)(C)N(CC(=O)N1CCc2sccc2C1c1ccccc1)S(=O)(=O)c1cccc2cccnc12. The highest BCUT2D eigenvalue weighted by molar-refractivity contribution is 7.89. The molecule has 36 heavy (non-hydrogen) atoms. The Kier molecular flexibility index (Phi) is 6.44. The second-order valence-corrected chi connectivity index (χ2v) is 12.8.